The number of benzene rings is 1. The lowest BCUT2D eigenvalue weighted by molar-refractivity contribution is 0.185. The van der Waals surface area contributed by atoms with Crippen LogP contribution in [0.4, 0.5) is 0 Å². The number of aryl methyl sites for hydroxylation is 1. The highest BCUT2D eigenvalue weighted by molar-refractivity contribution is 6.31. The van der Waals surface area contributed by atoms with Crippen LogP contribution in [-0.4, -0.2) is 16.2 Å². The number of aliphatic hydroxyl groups is 1. The van der Waals surface area contributed by atoms with Crippen molar-refractivity contribution in [2.75, 3.05) is 0 Å². The molecule has 2 rings (SSSR count). The fourth-order valence-electron chi connectivity index (χ4n) is 1.73. The van der Waals surface area contributed by atoms with Gasteiger partial charge in [0.2, 0.25) is 0 Å². The van der Waals surface area contributed by atoms with E-state index in [-0.39, 0.29) is 6.10 Å². The molecular weight excluding hydrogens is 210 g/mol. The Morgan fingerprint density at radius 1 is 1.47 bits per heavy atom. The van der Waals surface area contributed by atoms with Crippen LogP contribution in [0, 0.1) is 0 Å². The molecule has 80 valence electrons. The average molecular weight is 224 g/mol. The number of aromatic nitrogens is 1. The summed E-state index contributed by atoms with van der Waals surface area (Å²) in [4.78, 5) is 3.19. The first kappa shape index (κ1) is 10.5. The SMILES string of the molecule is C[C@H](O)CCc1c[nH]c2cc(Cl)ccc12. The topological polar surface area (TPSA) is 36.0 Å². The zero-order valence-corrected chi connectivity index (χ0v) is 9.38. The van der Waals surface area contributed by atoms with E-state index in [1.807, 2.05) is 31.3 Å². The van der Waals surface area contributed by atoms with Crippen molar-refractivity contribution in [1.29, 1.82) is 0 Å². The summed E-state index contributed by atoms with van der Waals surface area (Å²) in [5, 5.41) is 11.2. The van der Waals surface area contributed by atoms with E-state index in [0.717, 1.165) is 23.4 Å². The molecule has 1 heterocycles. The third-order valence-electron chi connectivity index (χ3n) is 2.56. The molecule has 2 N–H and O–H groups in total. The second-order valence-electron chi connectivity index (χ2n) is 3.89. The summed E-state index contributed by atoms with van der Waals surface area (Å²) in [6.45, 7) is 1.81. The highest BCUT2D eigenvalue weighted by Gasteiger charge is 2.05. The first-order chi connectivity index (χ1) is 7.16. The number of fused-ring (bicyclic) bond motifs is 1. The quantitative estimate of drug-likeness (QED) is 0.824. The Balaban J connectivity index is 2.29. The monoisotopic (exact) mass is 223 g/mol. The minimum Gasteiger partial charge on any atom is -0.393 e. The zero-order valence-electron chi connectivity index (χ0n) is 8.63. The summed E-state index contributed by atoms with van der Waals surface area (Å²) in [5.41, 5.74) is 2.30. The molecule has 0 spiro atoms. The van der Waals surface area contributed by atoms with Crippen molar-refractivity contribution in [1.82, 2.24) is 4.98 Å². The Morgan fingerprint density at radius 2 is 2.27 bits per heavy atom. The van der Waals surface area contributed by atoms with Gasteiger partial charge in [-0.15, -0.1) is 0 Å². The largest absolute Gasteiger partial charge is 0.393 e. The summed E-state index contributed by atoms with van der Waals surface area (Å²) in [6.07, 6.45) is 3.42. The zero-order chi connectivity index (χ0) is 10.8. The summed E-state index contributed by atoms with van der Waals surface area (Å²) in [5.74, 6) is 0. The fourth-order valence-corrected chi connectivity index (χ4v) is 1.90. The van der Waals surface area contributed by atoms with Gasteiger partial charge in [-0.25, -0.2) is 0 Å². The molecule has 0 fully saturated rings. The van der Waals surface area contributed by atoms with Crippen LogP contribution in [0.5, 0.6) is 0 Å². The van der Waals surface area contributed by atoms with Crippen molar-refractivity contribution in [3.8, 4) is 0 Å². The molecule has 15 heavy (non-hydrogen) atoms. The van der Waals surface area contributed by atoms with Gasteiger partial charge in [0, 0.05) is 22.1 Å². The van der Waals surface area contributed by atoms with Crippen LogP contribution in [-0.2, 0) is 6.42 Å². The van der Waals surface area contributed by atoms with E-state index in [0.29, 0.717) is 0 Å². The van der Waals surface area contributed by atoms with Crippen molar-refractivity contribution in [2.24, 2.45) is 0 Å². The van der Waals surface area contributed by atoms with Crippen LogP contribution in [0.2, 0.25) is 5.02 Å². The summed E-state index contributed by atoms with van der Waals surface area (Å²) in [6, 6.07) is 5.83. The number of rotatable bonds is 3. The van der Waals surface area contributed by atoms with Crippen molar-refractivity contribution >= 4 is 22.5 Å². The van der Waals surface area contributed by atoms with E-state index < -0.39 is 0 Å². The second-order valence-corrected chi connectivity index (χ2v) is 4.33. The first-order valence-corrected chi connectivity index (χ1v) is 5.48. The smallest absolute Gasteiger partial charge is 0.0515 e. The molecule has 0 bridgehead atoms. The molecule has 2 nitrogen and oxygen atoms in total. The third-order valence-corrected chi connectivity index (χ3v) is 2.80. The minimum atomic E-state index is -0.248. The van der Waals surface area contributed by atoms with Gasteiger partial charge >= 0.3 is 0 Å². The molecule has 0 aliphatic heterocycles. The van der Waals surface area contributed by atoms with Gasteiger partial charge in [-0.1, -0.05) is 17.7 Å². The molecule has 3 heteroatoms. The molecule has 2 aromatic rings. The predicted molar refractivity (Wildman–Crippen MR) is 63.3 cm³/mol. The molecular formula is C12H14ClNO. The molecule has 0 saturated carbocycles. The van der Waals surface area contributed by atoms with Crippen LogP contribution < -0.4 is 0 Å². The van der Waals surface area contributed by atoms with Gasteiger partial charge in [-0.3, -0.25) is 0 Å². The Labute approximate surface area is 93.9 Å². The maximum atomic E-state index is 9.24. The molecule has 0 aliphatic carbocycles. The Hall–Kier alpha value is -0.990. The number of H-pyrrole nitrogens is 1. The number of aromatic amines is 1. The number of nitrogens with one attached hydrogen (secondary N) is 1. The highest BCUT2D eigenvalue weighted by atomic mass is 35.5. The van der Waals surface area contributed by atoms with E-state index in [1.165, 1.54) is 10.9 Å². The van der Waals surface area contributed by atoms with E-state index in [2.05, 4.69) is 4.98 Å². The number of halogens is 1. The van der Waals surface area contributed by atoms with Gasteiger partial charge in [0.1, 0.15) is 0 Å². The molecule has 0 radical (unpaired) electrons. The van der Waals surface area contributed by atoms with E-state index in [4.69, 9.17) is 11.6 Å². The van der Waals surface area contributed by atoms with E-state index in [9.17, 15) is 5.11 Å². The molecule has 1 aromatic heterocycles. The molecule has 1 atom stereocenters. The standard InChI is InChI=1S/C12H14ClNO/c1-8(15)2-3-9-7-14-12-6-10(13)4-5-11(9)12/h4-8,14-15H,2-3H2,1H3/t8-/m0/s1. The third kappa shape index (κ3) is 2.33. The highest BCUT2D eigenvalue weighted by Crippen LogP contribution is 2.23. The number of hydrogen-bond acceptors (Lipinski definition) is 1. The van der Waals surface area contributed by atoms with Crippen LogP contribution in [0.1, 0.15) is 18.9 Å². The van der Waals surface area contributed by atoms with E-state index in [1.54, 1.807) is 0 Å². The van der Waals surface area contributed by atoms with Crippen LogP contribution in [0.3, 0.4) is 0 Å². The molecule has 0 saturated heterocycles. The van der Waals surface area contributed by atoms with Gasteiger partial charge in [0.15, 0.2) is 0 Å². The molecule has 0 aliphatic rings. The van der Waals surface area contributed by atoms with Gasteiger partial charge in [-0.2, -0.15) is 0 Å². The lowest BCUT2D eigenvalue weighted by atomic mass is 10.1. The fraction of sp³-hybridized carbons (Fsp3) is 0.333. The van der Waals surface area contributed by atoms with Crippen molar-refractivity contribution in [2.45, 2.75) is 25.9 Å². The predicted octanol–water partition coefficient (Wildman–Crippen LogP) is 3.13. The van der Waals surface area contributed by atoms with Crippen molar-refractivity contribution in [3.63, 3.8) is 0 Å². The second kappa shape index (κ2) is 4.25. The van der Waals surface area contributed by atoms with Gasteiger partial charge in [0.05, 0.1) is 6.10 Å². The maximum Gasteiger partial charge on any atom is 0.0515 e. The summed E-state index contributed by atoms with van der Waals surface area (Å²) < 4.78 is 0. The van der Waals surface area contributed by atoms with Crippen molar-refractivity contribution in [3.05, 3.63) is 35.0 Å². The Kier molecular flexibility index (Phi) is 2.98. The normalized spacial score (nSPS) is 13.3. The average Bonchev–Trinajstić information content (AvgIpc) is 2.57. The van der Waals surface area contributed by atoms with Crippen LogP contribution >= 0.6 is 11.6 Å². The number of hydrogen-bond donors (Lipinski definition) is 2. The maximum absolute atomic E-state index is 9.24. The number of aliphatic hydroxyl groups excluding tert-OH is 1. The minimum absolute atomic E-state index is 0.248. The Morgan fingerprint density at radius 3 is 3.00 bits per heavy atom. The van der Waals surface area contributed by atoms with E-state index >= 15 is 0 Å². The summed E-state index contributed by atoms with van der Waals surface area (Å²) in [7, 11) is 0. The van der Waals surface area contributed by atoms with Gasteiger partial charge in [0.25, 0.3) is 0 Å². The molecule has 1 aromatic carbocycles. The Bertz CT molecular complexity index is 462. The van der Waals surface area contributed by atoms with Gasteiger partial charge < -0.3 is 10.1 Å². The first-order valence-electron chi connectivity index (χ1n) is 5.10. The van der Waals surface area contributed by atoms with Gasteiger partial charge in [-0.05, 0) is 37.5 Å². The summed E-state index contributed by atoms with van der Waals surface area (Å²) >= 11 is 5.90. The molecule has 0 amide bonds. The lowest BCUT2D eigenvalue weighted by Gasteiger charge is -2.02. The molecule has 0 unspecified atom stereocenters. The lowest BCUT2D eigenvalue weighted by Crippen LogP contribution is -2.00. The van der Waals surface area contributed by atoms with Crippen LogP contribution in [0.25, 0.3) is 10.9 Å². The van der Waals surface area contributed by atoms with Crippen molar-refractivity contribution < 1.29 is 5.11 Å². The van der Waals surface area contributed by atoms with Crippen LogP contribution in [0.15, 0.2) is 24.4 Å².